The molecule has 0 amide bonds. The molecule has 0 unspecified atom stereocenters. The highest BCUT2D eigenvalue weighted by atomic mass is 16.5. The molecule has 0 aliphatic carbocycles. The Morgan fingerprint density at radius 3 is 2.41 bits per heavy atom. The molecule has 0 saturated carbocycles. The molecule has 5 nitrogen and oxygen atoms in total. The predicted octanol–water partition coefficient (Wildman–Crippen LogP) is 2.63. The fourth-order valence-electron chi connectivity index (χ4n) is 1.88. The molecule has 2 rings (SSSR count). The van der Waals surface area contributed by atoms with Crippen LogP contribution in [0.25, 0.3) is 0 Å². The summed E-state index contributed by atoms with van der Waals surface area (Å²) in [7, 11) is 1.31. The predicted molar refractivity (Wildman–Crippen MR) is 82.5 cm³/mol. The normalized spacial score (nSPS) is 9.86. The van der Waals surface area contributed by atoms with Crippen molar-refractivity contribution in [3.05, 3.63) is 65.7 Å². The molecule has 2 aromatic rings. The zero-order valence-corrected chi connectivity index (χ0v) is 12.2. The number of nitrogens with one attached hydrogen (secondary N) is 1. The topological polar surface area (TPSA) is 64.6 Å². The van der Waals surface area contributed by atoms with Gasteiger partial charge in [-0.2, -0.15) is 0 Å². The van der Waals surface area contributed by atoms with E-state index in [0.717, 1.165) is 5.56 Å². The molecular formula is C17H17NO4. The molecule has 0 heterocycles. The van der Waals surface area contributed by atoms with Gasteiger partial charge in [-0.3, -0.25) is 4.79 Å². The first-order valence-corrected chi connectivity index (χ1v) is 6.81. The van der Waals surface area contributed by atoms with Gasteiger partial charge in [-0.15, -0.1) is 0 Å². The van der Waals surface area contributed by atoms with Gasteiger partial charge in [0.1, 0.15) is 13.2 Å². The highest BCUT2D eigenvalue weighted by Crippen LogP contribution is 2.15. The van der Waals surface area contributed by atoms with Crippen molar-refractivity contribution >= 4 is 17.6 Å². The molecule has 0 bridgehead atoms. The van der Waals surface area contributed by atoms with E-state index in [-0.39, 0.29) is 13.2 Å². The largest absolute Gasteiger partial charge is 0.465 e. The van der Waals surface area contributed by atoms with Crippen LogP contribution in [-0.4, -0.2) is 25.6 Å². The lowest BCUT2D eigenvalue weighted by molar-refractivity contribution is -0.142. The fraction of sp³-hybridized carbons (Fsp3) is 0.176. The van der Waals surface area contributed by atoms with Gasteiger partial charge in [0.25, 0.3) is 0 Å². The second-order valence-corrected chi connectivity index (χ2v) is 4.54. The fourth-order valence-corrected chi connectivity index (χ4v) is 1.88. The highest BCUT2D eigenvalue weighted by Gasteiger charge is 2.12. The minimum Gasteiger partial charge on any atom is -0.465 e. The van der Waals surface area contributed by atoms with Crippen molar-refractivity contribution in [1.82, 2.24) is 0 Å². The van der Waals surface area contributed by atoms with E-state index in [1.165, 1.54) is 7.11 Å². The zero-order chi connectivity index (χ0) is 15.8. The van der Waals surface area contributed by atoms with Crippen molar-refractivity contribution in [2.75, 3.05) is 19.0 Å². The van der Waals surface area contributed by atoms with E-state index < -0.39 is 11.9 Å². The molecule has 0 atom stereocenters. The van der Waals surface area contributed by atoms with E-state index in [9.17, 15) is 9.59 Å². The maximum Gasteiger partial charge on any atom is 0.339 e. The molecule has 0 aliphatic heterocycles. The lowest BCUT2D eigenvalue weighted by Crippen LogP contribution is -2.18. The van der Waals surface area contributed by atoms with Gasteiger partial charge in [0, 0.05) is 5.69 Å². The summed E-state index contributed by atoms with van der Waals surface area (Å²) in [5.41, 5.74) is 1.83. The van der Waals surface area contributed by atoms with Crippen molar-refractivity contribution in [1.29, 1.82) is 0 Å². The van der Waals surface area contributed by atoms with Gasteiger partial charge in [-0.05, 0) is 17.7 Å². The van der Waals surface area contributed by atoms with Gasteiger partial charge in [-0.1, -0.05) is 42.5 Å². The van der Waals surface area contributed by atoms with Crippen LogP contribution in [0.3, 0.4) is 0 Å². The van der Waals surface area contributed by atoms with Crippen molar-refractivity contribution in [3.63, 3.8) is 0 Å². The van der Waals surface area contributed by atoms with E-state index in [2.05, 4.69) is 5.32 Å². The molecule has 5 heteroatoms. The summed E-state index contributed by atoms with van der Waals surface area (Å²) in [5, 5.41) is 2.89. The Kier molecular flexibility index (Phi) is 5.54. The minimum absolute atomic E-state index is 0.0269. The van der Waals surface area contributed by atoms with Gasteiger partial charge in [0.2, 0.25) is 0 Å². The van der Waals surface area contributed by atoms with Crippen LogP contribution in [0.15, 0.2) is 54.6 Å². The van der Waals surface area contributed by atoms with Gasteiger partial charge in [-0.25, -0.2) is 4.79 Å². The van der Waals surface area contributed by atoms with Crippen LogP contribution in [0.2, 0.25) is 0 Å². The number of anilines is 1. The first kappa shape index (κ1) is 15.6. The lowest BCUT2D eigenvalue weighted by atomic mass is 10.2. The maximum atomic E-state index is 11.7. The van der Waals surface area contributed by atoms with E-state index in [1.54, 1.807) is 24.3 Å². The van der Waals surface area contributed by atoms with Crippen LogP contribution >= 0.6 is 0 Å². The summed E-state index contributed by atoms with van der Waals surface area (Å²) in [6.07, 6.45) is 0. The number of carbonyl (C=O) groups excluding carboxylic acids is 2. The molecule has 1 N–H and O–H groups in total. The van der Waals surface area contributed by atoms with Gasteiger partial charge in [0.05, 0.1) is 12.7 Å². The third-order valence-electron chi connectivity index (χ3n) is 3.00. The molecule has 0 fully saturated rings. The summed E-state index contributed by atoms with van der Waals surface area (Å²) in [6, 6.07) is 16.3. The van der Waals surface area contributed by atoms with Crippen LogP contribution < -0.4 is 5.32 Å². The Balaban J connectivity index is 1.87. The van der Waals surface area contributed by atoms with E-state index in [1.807, 2.05) is 30.3 Å². The summed E-state index contributed by atoms with van der Waals surface area (Å²) >= 11 is 0. The van der Waals surface area contributed by atoms with Crippen molar-refractivity contribution < 1.29 is 19.1 Å². The number of methoxy groups -OCH3 is 1. The highest BCUT2D eigenvalue weighted by molar-refractivity contribution is 5.96. The monoisotopic (exact) mass is 299 g/mol. The summed E-state index contributed by atoms with van der Waals surface area (Å²) < 4.78 is 9.85. The number of ether oxygens (including phenoxy) is 2. The lowest BCUT2D eigenvalue weighted by Gasteiger charge is -2.10. The van der Waals surface area contributed by atoms with Gasteiger partial charge >= 0.3 is 11.9 Å². The zero-order valence-electron chi connectivity index (χ0n) is 12.2. The minimum atomic E-state index is -0.458. The number of esters is 2. The van der Waals surface area contributed by atoms with Crippen LogP contribution in [0.1, 0.15) is 15.9 Å². The molecule has 0 spiro atoms. The molecule has 114 valence electrons. The van der Waals surface area contributed by atoms with E-state index in [4.69, 9.17) is 9.47 Å². The molecule has 0 saturated heterocycles. The Hall–Kier alpha value is -2.82. The summed E-state index contributed by atoms with van der Waals surface area (Å²) in [6.45, 7) is 0.195. The smallest absolute Gasteiger partial charge is 0.339 e. The number of carbonyl (C=O) groups is 2. The molecule has 22 heavy (non-hydrogen) atoms. The quantitative estimate of drug-likeness (QED) is 0.831. The molecule has 0 aromatic heterocycles. The molecule has 0 aliphatic rings. The standard InChI is InChI=1S/C17H17NO4/c1-21-17(20)14-9-5-6-10-15(14)18-11-16(19)22-12-13-7-3-2-4-8-13/h2-10,18H,11-12H2,1H3. The first-order chi connectivity index (χ1) is 10.7. The number of para-hydroxylation sites is 1. The van der Waals surface area contributed by atoms with Crippen molar-refractivity contribution in [3.8, 4) is 0 Å². The Morgan fingerprint density at radius 1 is 1.00 bits per heavy atom. The first-order valence-electron chi connectivity index (χ1n) is 6.81. The summed E-state index contributed by atoms with van der Waals surface area (Å²) in [5.74, 6) is -0.857. The van der Waals surface area contributed by atoms with E-state index in [0.29, 0.717) is 11.3 Å². The Morgan fingerprint density at radius 2 is 1.68 bits per heavy atom. The van der Waals surface area contributed by atoms with Crippen LogP contribution in [0, 0.1) is 0 Å². The van der Waals surface area contributed by atoms with Gasteiger partial charge in [0.15, 0.2) is 0 Å². The third kappa shape index (κ3) is 4.34. The van der Waals surface area contributed by atoms with Crippen LogP contribution in [0.5, 0.6) is 0 Å². The Bertz CT molecular complexity index is 640. The number of hydrogen-bond donors (Lipinski definition) is 1. The average Bonchev–Trinajstić information content (AvgIpc) is 2.58. The average molecular weight is 299 g/mol. The second-order valence-electron chi connectivity index (χ2n) is 4.54. The van der Waals surface area contributed by atoms with Crippen molar-refractivity contribution in [2.45, 2.75) is 6.61 Å². The molecule has 2 aromatic carbocycles. The number of benzene rings is 2. The SMILES string of the molecule is COC(=O)c1ccccc1NCC(=O)OCc1ccccc1. The number of rotatable bonds is 6. The molecule has 0 radical (unpaired) electrons. The maximum absolute atomic E-state index is 11.7. The van der Waals surface area contributed by atoms with E-state index >= 15 is 0 Å². The van der Waals surface area contributed by atoms with Crippen LogP contribution in [-0.2, 0) is 20.9 Å². The third-order valence-corrected chi connectivity index (χ3v) is 3.00. The number of hydrogen-bond acceptors (Lipinski definition) is 5. The molecular weight excluding hydrogens is 282 g/mol. The second kappa shape index (κ2) is 7.83. The summed E-state index contributed by atoms with van der Waals surface area (Å²) in [4.78, 5) is 23.4. The van der Waals surface area contributed by atoms with Crippen molar-refractivity contribution in [2.24, 2.45) is 0 Å². The van der Waals surface area contributed by atoms with Gasteiger partial charge < -0.3 is 14.8 Å². The van der Waals surface area contributed by atoms with Crippen LogP contribution in [0.4, 0.5) is 5.69 Å². The Labute approximate surface area is 128 Å².